The summed E-state index contributed by atoms with van der Waals surface area (Å²) in [6.45, 7) is 0. The molecule has 2 aromatic carbocycles. The quantitative estimate of drug-likeness (QED) is 0.674. The molecule has 3 nitrogen and oxygen atoms in total. The van der Waals surface area contributed by atoms with Crippen LogP contribution in [0.15, 0.2) is 48.5 Å². The van der Waals surface area contributed by atoms with E-state index in [2.05, 4.69) is 0 Å². The van der Waals surface area contributed by atoms with Crippen LogP contribution < -0.4 is 0 Å². The van der Waals surface area contributed by atoms with Gasteiger partial charge in [-0.15, -0.1) is 0 Å². The van der Waals surface area contributed by atoms with Crippen molar-refractivity contribution in [2.24, 2.45) is 0 Å². The summed E-state index contributed by atoms with van der Waals surface area (Å²) in [5.41, 5.74) is 1.37. The predicted molar refractivity (Wildman–Crippen MR) is 83.0 cm³/mol. The van der Waals surface area contributed by atoms with Crippen LogP contribution in [0, 0.1) is 0 Å². The van der Waals surface area contributed by atoms with Crippen molar-refractivity contribution in [2.45, 2.75) is 0 Å². The zero-order valence-corrected chi connectivity index (χ0v) is 12.2. The van der Waals surface area contributed by atoms with Crippen LogP contribution in [-0.2, 0) is 4.79 Å². The van der Waals surface area contributed by atoms with E-state index in [9.17, 15) is 9.59 Å². The first kappa shape index (κ1) is 15.3. The van der Waals surface area contributed by atoms with Gasteiger partial charge in [-0.2, -0.15) is 0 Å². The number of carbonyl (C=O) groups excluding carboxylic acids is 1. The van der Waals surface area contributed by atoms with E-state index in [0.29, 0.717) is 21.2 Å². The van der Waals surface area contributed by atoms with E-state index in [0.717, 1.165) is 6.08 Å². The molecule has 0 heterocycles. The van der Waals surface area contributed by atoms with Gasteiger partial charge < -0.3 is 5.11 Å². The maximum atomic E-state index is 12.4. The average Bonchev–Trinajstić information content (AvgIpc) is 2.45. The maximum absolute atomic E-state index is 12.4. The normalized spacial score (nSPS) is 10.8. The third-order valence-corrected chi connectivity index (χ3v) is 3.41. The lowest BCUT2D eigenvalue weighted by Gasteiger charge is -2.06. The largest absolute Gasteiger partial charge is 0.478 e. The average molecular weight is 321 g/mol. The van der Waals surface area contributed by atoms with Gasteiger partial charge in [0.25, 0.3) is 0 Å². The first-order chi connectivity index (χ1) is 9.99. The Balaban J connectivity index is 2.31. The molecule has 0 aliphatic carbocycles. The Morgan fingerprint density at radius 1 is 0.952 bits per heavy atom. The Kier molecular flexibility index (Phi) is 4.78. The molecule has 0 amide bonds. The summed E-state index contributed by atoms with van der Waals surface area (Å²) in [7, 11) is 0. The molecule has 0 unspecified atom stereocenters. The van der Waals surface area contributed by atoms with Crippen LogP contribution in [0.5, 0.6) is 0 Å². The summed E-state index contributed by atoms with van der Waals surface area (Å²) in [5, 5.41) is 9.14. The van der Waals surface area contributed by atoms with Crippen LogP contribution in [0.4, 0.5) is 0 Å². The fourth-order valence-electron chi connectivity index (χ4n) is 1.77. The number of benzene rings is 2. The molecule has 0 saturated carbocycles. The molecule has 106 valence electrons. The lowest BCUT2D eigenvalue weighted by atomic mass is 10.0. The number of aliphatic carboxylic acids is 1. The molecule has 2 aromatic rings. The minimum atomic E-state index is -1.03. The van der Waals surface area contributed by atoms with Gasteiger partial charge >= 0.3 is 5.97 Å². The minimum Gasteiger partial charge on any atom is -0.478 e. The van der Waals surface area contributed by atoms with E-state index in [4.69, 9.17) is 28.3 Å². The number of carbonyl (C=O) groups is 2. The summed E-state index contributed by atoms with van der Waals surface area (Å²) >= 11 is 12.0. The number of rotatable bonds is 4. The van der Waals surface area contributed by atoms with E-state index >= 15 is 0 Å². The molecular weight excluding hydrogens is 311 g/mol. The van der Waals surface area contributed by atoms with Gasteiger partial charge in [-0.05, 0) is 23.8 Å². The number of carboxylic acid groups (broad SMARTS) is 1. The molecule has 0 saturated heterocycles. The standard InChI is InChI=1S/C16H10Cl2O3/c17-12-2-1-3-13(18)15(12)16(21)11-7-4-10(5-8-11)6-9-14(19)20/h1-9H,(H,19,20)/b9-6+. The molecule has 0 aromatic heterocycles. The Morgan fingerprint density at radius 2 is 1.52 bits per heavy atom. The maximum Gasteiger partial charge on any atom is 0.328 e. The molecular formula is C16H10Cl2O3. The van der Waals surface area contributed by atoms with Crippen molar-refractivity contribution in [3.05, 3.63) is 75.3 Å². The third kappa shape index (κ3) is 3.72. The van der Waals surface area contributed by atoms with E-state index in [1.54, 1.807) is 42.5 Å². The van der Waals surface area contributed by atoms with Crippen molar-refractivity contribution < 1.29 is 14.7 Å². The SMILES string of the molecule is O=C(O)/C=C/c1ccc(C(=O)c2c(Cl)cccc2Cl)cc1. The van der Waals surface area contributed by atoms with E-state index < -0.39 is 5.97 Å². The summed E-state index contributed by atoms with van der Waals surface area (Å²) in [5.74, 6) is -1.31. The highest BCUT2D eigenvalue weighted by atomic mass is 35.5. The molecule has 0 fully saturated rings. The number of hydrogen-bond acceptors (Lipinski definition) is 2. The summed E-state index contributed by atoms with van der Waals surface area (Å²) in [4.78, 5) is 22.8. The highest BCUT2D eigenvalue weighted by Crippen LogP contribution is 2.27. The second-order valence-corrected chi connectivity index (χ2v) is 5.03. The van der Waals surface area contributed by atoms with Gasteiger partial charge in [0.05, 0.1) is 15.6 Å². The monoisotopic (exact) mass is 320 g/mol. The molecule has 0 bridgehead atoms. The second kappa shape index (κ2) is 6.57. The van der Waals surface area contributed by atoms with Crippen molar-refractivity contribution in [2.75, 3.05) is 0 Å². The first-order valence-electron chi connectivity index (χ1n) is 5.99. The minimum absolute atomic E-state index is 0.259. The van der Waals surface area contributed by atoms with Gasteiger partial charge in [-0.25, -0.2) is 4.79 Å². The fourth-order valence-corrected chi connectivity index (χ4v) is 2.34. The van der Waals surface area contributed by atoms with E-state index in [1.807, 2.05) is 0 Å². The summed E-state index contributed by atoms with van der Waals surface area (Å²) < 4.78 is 0. The van der Waals surface area contributed by atoms with Crippen LogP contribution in [0.2, 0.25) is 10.0 Å². The zero-order chi connectivity index (χ0) is 15.4. The van der Waals surface area contributed by atoms with Crippen molar-refractivity contribution in [1.82, 2.24) is 0 Å². The first-order valence-corrected chi connectivity index (χ1v) is 6.74. The van der Waals surface area contributed by atoms with Crippen molar-refractivity contribution in [3.63, 3.8) is 0 Å². The molecule has 0 aliphatic heterocycles. The van der Waals surface area contributed by atoms with E-state index in [1.165, 1.54) is 6.08 Å². The van der Waals surface area contributed by atoms with Crippen molar-refractivity contribution in [1.29, 1.82) is 0 Å². The summed E-state index contributed by atoms with van der Waals surface area (Å²) in [6, 6.07) is 11.4. The van der Waals surface area contributed by atoms with Gasteiger partial charge in [-0.3, -0.25) is 4.79 Å². The van der Waals surface area contributed by atoms with Crippen molar-refractivity contribution >= 4 is 41.0 Å². The number of hydrogen-bond donors (Lipinski definition) is 1. The van der Waals surface area contributed by atoms with Crippen molar-refractivity contribution in [3.8, 4) is 0 Å². The topological polar surface area (TPSA) is 54.4 Å². The fraction of sp³-hybridized carbons (Fsp3) is 0. The van der Waals surface area contributed by atoms with Gasteiger partial charge in [0.1, 0.15) is 0 Å². The van der Waals surface area contributed by atoms with E-state index in [-0.39, 0.29) is 11.3 Å². The molecule has 21 heavy (non-hydrogen) atoms. The number of halogens is 2. The molecule has 1 N–H and O–H groups in total. The molecule has 2 rings (SSSR count). The van der Waals surface area contributed by atoms with Crippen LogP contribution in [0.3, 0.4) is 0 Å². The predicted octanol–water partition coefficient (Wildman–Crippen LogP) is 4.32. The van der Waals surface area contributed by atoms with Crippen LogP contribution >= 0.6 is 23.2 Å². The third-order valence-electron chi connectivity index (χ3n) is 2.78. The van der Waals surface area contributed by atoms with Gasteiger partial charge in [0, 0.05) is 11.6 Å². The summed E-state index contributed by atoms with van der Waals surface area (Å²) in [6.07, 6.45) is 2.47. The second-order valence-electron chi connectivity index (χ2n) is 4.22. The molecule has 0 atom stereocenters. The Bertz CT molecular complexity index is 699. The van der Waals surface area contributed by atoms with Gasteiger partial charge in [0.15, 0.2) is 5.78 Å². The lowest BCUT2D eigenvalue weighted by Crippen LogP contribution is -2.03. The zero-order valence-electron chi connectivity index (χ0n) is 10.7. The van der Waals surface area contributed by atoms with Gasteiger partial charge in [0.2, 0.25) is 0 Å². The smallest absolute Gasteiger partial charge is 0.328 e. The van der Waals surface area contributed by atoms with Crippen LogP contribution in [-0.4, -0.2) is 16.9 Å². The molecule has 5 heteroatoms. The Morgan fingerprint density at radius 3 is 2.05 bits per heavy atom. The highest BCUT2D eigenvalue weighted by molar-refractivity contribution is 6.41. The molecule has 0 radical (unpaired) electrons. The van der Waals surface area contributed by atoms with Crippen LogP contribution in [0.25, 0.3) is 6.08 Å². The number of carboxylic acids is 1. The molecule has 0 aliphatic rings. The molecule has 0 spiro atoms. The Hall–Kier alpha value is -2.10. The van der Waals surface area contributed by atoms with Gasteiger partial charge in [-0.1, -0.05) is 53.5 Å². The highest BCUT2D eigenvalue weighted by Gasteiger charge is 2.16. The Labute approximate surface area is 131 Å². The number of ketones is 1. The lowest BCUT2D eigenvalue weighted by molar-refractivity contribution is -0.131. The van der Waals surface area contributed by atoms with Crippen LogP contribution in [0.1, 0.15) is 21.5 Å².